The van der Waals surface area contributed by atoms with Crippen LogP contribution in [0.3, 0.4) is 0 Å². The lowest BCUT2D eigenvalue weighted by molar-refractivity contribution is 0.245. The zero-order valence-electron chi connectivity index (χ0n) is 11.9. The molecule has 0 aliphatic carbocycles. The number of unbranched alkanes of at least 4 members (excludes halogenated alkanes) is 3. The van der Waals surface area contributed by atoms with E-state index in [4.69, 9.17) is 11.1 Å². The molecule has 3 nitrogen and oxygen atoms in total. The lowest BCUT2D eigenvalue weighted by atomic mass is 9.78. The minimum absolute atomic E-state index is 0.0890. The Labute approximate surface area is 107 Å². The van der Waals surface area contributed by atoms with Crippen molar-refractivity contribution in [3.63, 3.8) is 0 Å². The largest absolute Gasteiger partial charge is 0.370 e. The molecule has 1 atom stereocenters. The fourth-order valence-electron chi connectivity index (χ4n) is 2.20. The lowest BCUT2D eigenvalue weighted by Gasteiger charge is -2.28. The van der Waals surface area contributed by atoms with Gasteiger partial charge in [0.1, 0.15) is 0 Å². The molecule has 0 bridgehead atoms. The van der Waals surface area contributed by atoms with Gasteiger partial charge in [-0.05, 0) is 24.7 Å². The summed E-state index contributed by atoms with van der Waals surface area (Å²) in [6.07, 6.45) is 10.3. The summed E-state index contributed by atoms with van der Waals surface area (Å²) in [5.41, 5.74) is 5.74. The van der Waals surface area contributed by atoms with E-state index < -0.39 is 0 Å². The van der Waals surface area contributed by atoms with E-state index in [2.05, 4.69) is 26.1 Å². The summed E-state index contributed by atoms with van der Waals surface area (Å²) < 4.78 is 0. The van der Waals surface area contributed by atoms with Gasteiger partial charge in [-0.2, -0.15) is 0 Å². The predicted octanol–water partition coefficient (Wildman–Crippen LogP) is 3.64. The number of guanidine groups is 1. The van der Waals surface area contributed by atoms with Crippen LogP contribution in [0.5, 0.6) is 0 Å². The van der Waals surface area contributed by atoms with Crippen molar-refractivity contribution in [1.82, 2.24) is 5.32 Å². The van der Waals surface area contributed by atoms with Gasteiger partial charge in [-0.1, -0.05) is 52.9 Å². The highest BCUT2D eigenvalue weighted by molar-refractivity contribution is 5.74. The zero-order valence-corrected chi connectivity index (χ0v) is 11.9. The SMILES string of the molecule is CCCCCCC(C)(CC)CCCNC(=N)N. The fourth-order valence-corrected chi connectivity index (χ4v) is 2.20. The Morgan fingerprint density at radius 2 is 1.76 bits per heavy atom. The fraction of sp³-hybridized carbons (Fsp3) is 0.929. The second kappa shape index (κ2) is 9.32. The van der Waals surface area contributed by atoms with E-state index in [-0.39, 0.29) is 5.96 Å². The Bertz CT molecular complexity index is 204. The highest BCUT2D eigenvalue weighted by atomic mass is 15.0. The van der Waals surface area contributed by atoms with Crippen molar-refractivity contribution in [2.75, 3.05) is 6.54 Å². The monoisotopic (exact) mass is 241 g/mol. The van der Waals surface area contributed by atoms with Crippen molar-refractivity contribution in [3.8, 4) is 0 Å². The molecule has 3 heteroatoms. The lowest BCUT2D eigenvalue weighted by Crippen LogP contribution is -2.31. The van der Waals surface area contributed by atoms with Crippen LogP contribution in [0, 0.1) is 10.8 Å². The summed E-state index contributed by atoms with van der Waals surface area (Å²) in [6.45, 7) is 7.78. The molecule has 0 fully saturated rings. The predicted molar refractivity (Wildman–Crippen MR) is 76.3 cm³/mol. The van der Waals surface area contributed by atoms with Crippen LogP contribution in [0.25, 0.3) is 0 Å². The normalized spacial score (nSPS) is 14.3. The molecule has 4 N–H and O–H groups in total. The van der Waals surface area contributed by atoms with Gasteiger partial charge in [0.15, 0.2) is 5.96 Å². The molecule has 17 heavy (non-hydrogen) atoms. The number of nitrogens with one attached hydrogen (secondary N) is 2. The quantitative estimate of drug-likeness (QED) is 0.311. The summed E-state index contributed by atoms with van der Waals surface area (Å²) in [4.78, 5) is 0. The van der Waals surface area contributed by atoms with Crippen LogP contribution in [-0.2, 0) is 0 Å². The van der Waals surface area contributed by atoms with Gasteiger partial charge in [0, 0.05) is 6.54 Å². The average molecular weight is 241 g/mol. The third-order valence-electron chi connectivity index (χ3n) is 3.76. The molecule has 0 aliphatic heterocycles. The summed E-state index contributed by atoms with van der Waals surface area (Å²) >= 11 is 0. The van der Waals surface area contributed by atoms with Crippen LogP contribution in [0.1, 0.15) is 72.1 Å². The molecule has 0 saturated carbocycles. The van der Waals surface area contributed by atoms with Crippen LogP contribution >= 0.6 is 0 Å². The molecular formula is C14H31N3. The smallest absolute Gasteiger partial charge is 0.185 e. The number of nitrogens with two attached hydrogens (primary N) is 1. The summed E-state index contributed by atoms with van der Waals surface area (Å²) in [5, 5.41) is 9.98. The molecule has 0 saturated heterocycles. The van der Waals surface area contributed by atoms with Crippen LogP contribution in [-0.4, -0.2) is 12.5 Å². The molecule has 1 unspecified atom stereocenters. The van der Waals surface area contributed by atoms with Crippen LogP contribution in [0.4, 0.5) is 0 Å². The van der Waals surface area contributed by atoms with Gasteiger partial charge in [0.25, 0.3) is 0 Å². The van der Waals surface area contributed by atoms with E-state index in [1.54, 1.807) is 0 Å². The third kappa shape index (κ3) is 9.02. The van der Waals surface area contributed by atoms with Gasteiger partial charge >= 0.3 is 0 Å². The van der Waals surface area contributed by atoms with Crippen molar-refractivity contribution in [2.24, 2.45) is 11.1 Å². The number of rotatable bonds is 10. The molecular weight excluding hydrogens is 210 g/mol. The first-order chi connectivity index (χ1) is 8.04. The van der Waals surface area contributed by atoms with Crippen molar-refractivity contribution < 1.29 is 0 Å². The molecule has 0 aromatic heterocycles. The molecule has 0 amide bonds. The molecule has 0 heterocycles. The standard InChI is InChI=1S/C14H31N3/c1-4-6-7-8-10-14(3,5-2)11-9-12-17-13(15)16/h4-12H2,1-3H3,(H4,15,16,17). The Morgan fingerprint density at radius 3 is 2.29 bits per heavy atom. The molecule has 0 aromatic carbocycles. The second-order valence-corrected chi connectivity index (χ2v) is 5.42. The van der Waals surface area contributed by atoms with Gasteiger partial charge in [-0.15, -0.1) is 0 Å². The number of hydrogen-bond donors (Lipinski definition) is 3. The first-order valence-corrected chi connectivity index (χ1v) is 7.12. The third-order valence-corrected chi connectivity index (χ3v) is 3.76. The minimum Gasteiger partial charge on any atom is -0.370 e. The van der Waals surface area contributed by atoms with Crippen molar-refractivity contribution in [1.29, 1.82) is 5.41 Å². The van der Waals surface area contributed by atoms with Gasteiger partial charge in [-0.25, -0.2) is 0 Å². The topological polar surface area (TPSA) is 61.9 Å². The van der Waals surface area contributed by atoms with E-state index in [0.717, 1.165) is 13.0 Å². The first-order valence-electron chi connectivity index (χ1n) is 7.12. The van der Waals surface area contributed by atoms with Gasteiger partial charge in [-0.3, -0.25) is 5.41 Å². The van der Waals surface area contributed by atoms with Crippen molar-refractivity contribution >= 4 is 5.96 Å². The van der Waals surface area contributed by atoms with E-state index in [1.807, 2.05) is 0 Å². The zero-order chi connectivity index (χ0) is 13.1. The van der Waals surface area contributed by atoms with Gasteiger partial charge < -0.3 is 11.1 Å². The van der Waals surface area contributed by atoms with E-state index in [1.165, 1.54) is 44.9 Å². The first kappa shape index (κ1) is 16.3. The summed E-state index contributed by atoms with van der Waals surface area (Å²) in [6, 6.07) is 0. The second-order valence-electron chi connectivity index (χ2n) is 5.42. The highest BCUT2D eigenvalue weighted by Crippen LogP contribution is 2.33. The highest BCUT2D eigenvalue weighted by Gasteiger charge is 2.20. The molecule has 0 aliphatic rings. The average Bonchev–Trinajstić information content (AvgIpc) is 2.30. The van der Waals surface area contributed by atoms with Crippen LogP contribution in [0.2, 0.25) is 0 Å². The van der Waals surface area contributed by atoms with Gasteiger partial charge in [0.05, 0.1) is 0 Å². The van der Waals surface area contributed by atoms with E-state index >= 15 is 0 Å². The Kier molecular flexibility index (Phi) is 8.92. The summed E-state index contributed by atoms with van der Waals surface area (Å²) in [5.74, 6) is 0.0890. The maximum Gasteiger partial charge on any atom is 0.185 e. The Hall–Kier alpha value is -0.730. The van der Waals surface area contributed by atoms with Crippen molar-refractivity contribution in [3.05, 3.63) is 0 Å². The number of hydrogen-bond acceptors (Lipinski definition) is 1. The Balaban J connectivity index is 3.72. The van der Waals surface area contributed by atoms with Gasteiger partial charge in [0.2, 0.25) is 0 Å². The van der Waals surface area contributed by atoms with Crippen molar-refractivity contribution in [2.45, 2.75) is 72.1 Å². The molecule has 0 spiro atoms. The minimum atomic E-state index is 0.0890. The van der Waals surface area contributed by atoms with E-state index in [9.17, 15) is 0 Å². The molecule has 0 aromatic rings. The molecule has 0 rings (SSSR count). The molecule has 0 radical (unpaired) electrons. The van der Waals surface area contributed by atoms with Crippen LogP contribution in [0.15, 0.2) is 0 Å². The maximum absolute atomic E-state index is 7.10. The summed E-state index contributed by atoms with van der Waals surface area (Å²) in [7, 11) is 0. The Morgan fingerprint density at radius 1 is 1.12 bits per heavy atom. The van der Waals surface area contributed by atoms with Crippen LogP contribution < -0.4 is 11.1 Å². The van der Waals surface area contributed by atoms with E-state index in [0.29, 0.717) is 5.41 Å². The maximum atomic E-state index is 7.10. The molecule has 102 valence electrons.